The van der Waals surface area contributed by atoms with Gasteiger partial charge in [-0.2, -0.15) is 13.2 Å². The number of halogens is 4. The van der Waals surface area contributed by atoms with Crippen molar-refractivity contribution in [3.05, 3.63) is 57.5 Å². The Labute approximate surface area is 173 Å². The molecule has 0 spiro atoms. The van der Waals surface area contributed by atoms with E-state index in [0.717, 1.165) is 30.0 Å². The molecule has 0 unspecified atom stereocenters. The van der Waals surface area contributed by atoms with Gasteiger partial charge in [0.05, 0.1) is 35.4 Å². The molecule has 0 bridgehead atoms. The summed E-state index contributed by atoms with van der Waals surface area (Å²) in [4.78, 5) is 16.6. The number of amidine groups is 1. The molecule has 29 heavy (non-hydrogen) atoms. The highest BCUT2D eigenvalue weighted by Crippen LogP contribution is 2.37. The van der Waals surface area contributed by atoms with E-state index in [4.69, 9.17) is 21.1 Å². The van der Waals surface area contributed by atoms with Crippen LogP contribution in [0.15, 0.2) is 46.3 Å². The average Bonchev–Trinajstić information content (AvgIpc) is 3.01. The van der Waals surface area contributed by atoms with Gasteiger partial charge in [-0.05, 0) is 48.2 Å². The highest BCUT2D eigenvalue weighted by atomic mass is 35.5. The van der Waals surface area contributed by atoms with Crippen LogP contribution in [0, 0.1) is 0 Å². The molecule has 0 atom stereocenters. The molecular formula is C19H14ClF3N2O3S. The third-order valence-corrected chi connectivity index (χ3v) is 5.10. The Hall–Kier alpha value is -2.65. The van der Waals surface area contributed by atoms with Crippen molar-refractivity contribution in [1.82, 2.24) is 5.32 Å². The summed E-state index contributed by atoms with van der Waals surface area (Å²) in [5, 5.41) is 2.68. The van der Waals surface area contributed by atoms with Crippen LogP contribution >= 0.6 is 23.4 Å². The number of ether oxygens (including phenoxy) is 2. The molecular weight excluding hydrogens is 429 g/mol. The minimum Gasteiger partial charge on any atom is -0.497 e. The first kappa shape index (κ1) is 21.1. The number of benzene rings is 2. The lowest BCUT2D eigenvalue weighted by molar-refractivity contribution is -0.137. The maximum Gasteiger partial charge on any atom is 0.416 e. The maximum absolute atomic E-state index is 12.9. The Morgan fingerprint density at radius 2 is 1.90 bits per heavy atom. The minimum absolute atomic E-state index is 0.0367. The van der Waals surface area contributed by atoms with Gasteiger partial charge in [0.15, 0.2) is 5.17 Å². The Balaban J connectivity index is 1.90. The lowest BCUT2D eigenvalue weighted by Crippen LogP contribution is -2.19. The summed E-state index contributed by atoms with van der Waals surface area (Å²) in [6, 6.07) is 7.91. The van der Waals surface area contributed by atoms with Crippen LogP contribution in [-0.2, 0) is 11.0 Å². The maximum atomic E-state index is 12.9. The van der Waals surface area contributed by atoms with Crippen molar-refractivity contribution < 1.29 is 27.4 Å². The van der Waals surface area contributed by atoms with Gasteiger partial charge in [-0.3, -0.25) is 4.79 Å². The number of carbonyl (C=O) groups excluding carboxylic acids is 1. The summed E-state index contributed by atoms with van der Waals surface area (Å²) >= 11 is 6.94. The van der Waals surface area contributed by atoms with Crippen molar-refractivity contribution in [1.29, 1.82) is 0 Å². The van der Waals surface area contributed by atoms with Gasteiger partial charge in [0.2, 0.25) is 0 Å². The van der Waals surface area contributed by atoms with E-state index >= 15 is 0 Å². The van der Waals surface area contributed by atoms with Crippen molar-refractivity contribution in [2.24, 2.45) is 4.99 Å². The first-order chi connectivity index (χ1) is 13.7. The summed E-state index contributed by atoms with van der Waals surface area (Å²) in [7, 11) is 3.01. The van der Waals surface area contributed by atoms with Gasteiger partial charge in [0.1, 0.15) is 11.5 Å². The summed E-state index contributed by atoms with van der Waals surface area (Å²) in [6.07, 6.45) is -2.93. The van der Waals surface area contributed by atoms with Crippen LogP contribution in [-0.4, -0.2) is 25.3 Å². The monoisotopic (exact) mass is 442 g/mol. The first-order valence-electron chi connectivity index (χ1n) is 8.09. The van der Waals surface area contributed by atoms with Gasteiger partial charge in [-0.15, -0.1) is 0 Å². The van der Waals surface area contributed by atoms with Crippen LogP contribution < -0.4 is 14.8 Å². The van der Waals surface area contributed by atoms with Crippen LogP contribution in [0.2, 0.25) is 5.02 Å². The van der Waals surface area contributed by atoms with E-state index < -0.39 is 17.6 Å². The molecule has 1 heterocycles. The summed E-state index contributed by atoms with van der Waals surface area (Å²) in [6.45, 7) is 0. The predicted molar refractivity (Wildman–Crippen MR) is 107 cm³/mol. The second-order valence-electron chi connectivity index (χ2n) is 5.75. The van der Waals surface area contributed by atoms with E-state index in [1.54, 1.807) is 24.3 Å². The highest BCUT2D eigenvalue weighted by molar-refractivity contribution is 8.18. The van der Waals surface area contributed by atoms with Gasteiger partial charge in [-0.25, -0.2) is 4.99 Å². The number of alkyl halides is 3. The Bertz CT molecular complexity index is 1020. The number of aliphatic imine (C=N–C) groups is 1. The molecule has 0 aliphatic carbocycles. The fourth-order valence-electron chi connectivity index (χ4n) is 2.44. The van der Waals surface area contributed by atoms with Crippen molar-refractivity contribution in [2.45, 2.75) is 6.18 Å². The highest BCUT2D eigenvalue weighted by Gasteiger charge is 2.31. The zero-order chi connectivity index (χ0) is 21.2. The van der Waals surface area contributed by atoms with Crippen LogP contribution in [0.1, 0.15) is 11.1 Å². The Morgan fingerprint density at radius 3 is 2.55 bits per heavy atom. The number of amides is 1. The number of hydrogen-bond acceptors (Lipinski definition) is 5. The molecule has 10 heteroatoms. The summed E-state index contributed by atoms with van der Waals surface area (Å²) in [5.74, 6) is 0.653. The molecule has 3 rings (SSSR count). The molecule has 5 nitrogen and oxygen atoms in total. The average molecular weight is 443 g/mol. The molecule has 1 amide bonds. The van der Waals surface area contributed by atoms with Gasteiger partial charge in [0.25, 0.3) is 5.91 Å². The quantitative estimate of drug-likeness (QED) is 0.655. The summed E-state index contributed by atoms with van der Waals surface area (Å²) < 4.78 is 49.2. The molecule has 1 aliphatic rings. The number of rotatable bonds is 4. The molecule has 0 radical (unpaired) electrons. The first-order valence-corrected chi connectivity index (χ1v) is 9.29. The number of carbonyl (C=O) groups is 1. The molecule has 2 aromatic rings. The SMILES string of the molecule is COc1ccc(C=C2SC(=Nc3cc(C(F)(F)F)ccc3Cl)NC2=O)c(OC)c1. The van der Waals surface area contributed by atoms with Gasteiger partial charge < -0.3 is 14.8 Å². The van der Waals surface area contributed by atoms with Crippen LogP contribution in [0.4, 0.5) is 18.9 Å². The zero-order valence-electron chi connectivity index (χ0n) is 15.1. The number of nitrogens with one attached hydrogen (secondary N) is 1. The number of hydrogen-bond donors (Lipinski definition) is 1. The number of thioether (sulfide) groups is 1. The smallest absolute Gasteiger partial charge is 0.416 e. The molecule has 1 N–H and O–H groups in total. The molecule has 0 saturated carbocycles. The second kappa shape index (κ2) is 8.38. The minimum atomic E-state index is -4.53. The normalized spacial score (nSPS) is 17.0. The zero-order valence-corrected chi connectivity index (χ0v) is 16.7. The molecule has 1 aliphatic heterocycles. The standard InChI is InChI=1S/C19H14ClF3N2O3S/c1-27-12-5-3-10(15(9-12)28-2)7-16-17(26)25-18(29-16)24-14-8-11(19(21,22)23)4-6-13(14)20/h3-9H,1-2H3,(H,24,25,26). The molecule has 0 aromatic heterocycles. The van der Waals surface area contributed by atoms with Crippen LogP contribution in [0.3, 0.4) is 0 Å². The molecule has 2 aromatic carbocycles. The van der Waals surface area contributed by atoms with Crippen molar-refractivity contribution in [3.63, 3.8) is 0 Å². The van der Waals surface area contributed by atoms with Crippen molar-refractivity contribution in [3.8, 4) is 11.5 Å². The number of methoxy groups -OCH3 is 2. The number of nitrogens with zero attached hydrogens (tertiary/aromatic N) is 1. The molecule has 1 fully saturated rings. The van der Waals surface area contributed by atoms with Gasteiger partial charge in [-0.1, -0.05) is 11.6 Å². The lowest BCUT2D eigenvalue weighted by atomic mass is 10.1. The van der Waals surface area contributed by atoms with Gasteiger partial charge >= 0.3 is 6.18 Å². The second-order valence-corrected chi connectivity index (χ2v) is 7.19. The fourth-order valence-corrected chi connectivity index (χ4v) is 3.43. The van der Waals surface area contributed by atoms with Crippen LogP contribution in [0.25, 0.3) is 6.08 Å². The topological polar surface area (TPSA) is 59.9 Å². The third-order valence-electron chi connectivity index (χ3n) is 3.87. The van der Waals surface area contributed by atoms with E-state index in [9.17, 15) is 18.0 Å². The van der Waals surface area contributed by atoms with Gasteiger partial charge in [0, 0.05) is 11.6 Å². The Kier molecular flexibility index (Phi) is 6.09. The Morgan fingerprint density at radius 1 is 1.14 bits per heavy atom. The molecule has 152 valence electrons. The van der Waals surface area contributed by atoms with Crippen LogP contribution in [0.5, 0.6) is 11.5 Å². The largest absolute Gasteiger partial charge is 0.497 e. The van der Waals surface area contributed by atoms with E-state index in [1.807, 2.05) is 0 Å². The van der Waals surface area contributed by atoms with E-state index in [1.165, 1.54) is 14.2 Å². The fraction of sp³-hybridized carbons (Fsp3) is 0.158. The summed E-state index contributed by atoms with van der Waals surface area (Å²) in [5.41, 5.74) is -0.342. The van der Waals surface area contributed by atoms with Crippen molar-refractivity contribution in [2.75, 3.05) is 14.2 Å². The van der Waals surface area contributed by atoms with Crippen molar-refractivity contribution >= 4 is 46.2 Å². The predicted octanol–water partition coefficient (Wildman–Crippen LogP) is 5.27. The van der Waals surface area contributed by atoms with E-state index in [2.05, 4.69) is 10.3 Å². The molecule has 1 saturated heterocycles. The van der Waals surface area contributed by atoms with E-state index in [0.29, 0.717) is 22.0 Å². The third kappa shape index (κ3) is 4.86. The lowest BCUT2D eigenvalue weighted by Gasteiger charge is -2.08. The van der Waals surface area contributed by atoms with E-state index in [-0.39, 0.29) is 15.9 Å².